The Hall–Kier alpha value is -1.16. The maximum Gasteiger partial charge on any atom is 0.0811 e. The van der Waals surface area contributed by atoms with E-state index in [2.05, 4.69) is 44.7 Å². The molecule has 0 radical (unpaired) electrons. The maximum atomic E-state index is 10.1. The molecular formula is C29H46O3. The van der Waals surface area contributed by atoms with E-state index in [4.69, 9.17) is 0 Å². The van der Waals surface area contributed by atoms with E-state index in [0.29, 0.717) is 30.1 Å². The quantitative estimate of drug-likeness (QED) is 0.408. The Kier molecular flexibility index (Phi) is 8.28. The number of rotatable bonds is 7. The highest BCUT2D eigenvalue weighted by atomic mass is 16.3. The summed E-state index contributed by atoms with van der Waals surface area (Å²) in [5, 5.41) is 30.1. The zero-order valence-electron chi connectivity index (χ0n) is 20.8. The molecule has 0 aromatic carbocycles. The predicted octanol–water partition coefficient (Wildman–Crippen LogP) is 6.26. The van der Waals surface area contributed by atoms with Gasteiger partial charge in [0.05, 0.1) is 17.8 Å². The van der Waals surface area contributed by atoms with Gasteiger partial charge in [0.1, 0.15) is 0 Å². The largest absolute Gasteiger partial charge is 0.393 e. The van der Waals surface area contributed by atoms with E-state index >= 15 is 0 Å². The zero-order valence-corrected chi connectivity index (χ0v) is 20.8. The second-order valence-electron chi connectivity index (χ2n) is 11.7. The van der Waals surface area contributed by atoms with Crippen LogP contribution in [0, 0.1) is 23.2 Å². The summed E-state index contributed by atoms with van der Waals surface area (Å²) in [6, 6.07) is 0. The second-order valence-corrected chi connectivity index (χ2v) is 11.7. The molecule has 0 amide bonds. The van der Waals surface area contributed by atoms with Crippen molar-refractivity contribution in [1.29, 1.82) is 0 Å². The molecule has 3 rings (SSSR count). The minimum atomic E-state index is -0.616. The van der Waals surface area contributed by atoms with Gasteiger partial charge in [0.2, 0.25) is 0 Å². The molecule has 2 unspecified atom stereocenters. The molecule has 3 N–H and O–H groups in total. The minimum Gasteiger partial charge on any atom is -0.393 e. The number of fused-ring (bicyclic) bond motifs is 1. The van der Waals surface area contributed by atoms with Crippen molar-refractivity contribution in [3.8, 4) is 0 Å². The average molecular weight is 443 g/mol. The number of aliphatic hydroxyl groups is 3. The molecule has 180 valence electrons. The first-order valence-electron chi connectivity index (χ1n) is 12.8. The van der Waals surface area contributed by atoms with Crippen molar-refractivity contribution in [2.75, 3.05) is 0 Å². The molecule has 0 aliphatic heterocycles. The molecule has 0 aromatic heterocycles. The lowest BCUT2D eigenvalue weighted by molar-refractivity contribution is 0.0835. The fraction of sp³-hybridized carbons (Fsp3) is 0.724. The third-order valence-corrected chi connectivity index (χ3v) is 8.56. The summed E-state index contributed by atoms with van der Waals surface area (Å²) in [6.45, 7) is 12.8. The Labute approximate surface area is 196 Å². The molecule has 0 bridgehead atoms. The van der Waals surface area contributed by atoms with Crippen LogP contribution in [0.5, 0.6) is 0 Å². The predicted molar refractivity (Wildman–Crippen MR) is 133 cm³/mol. The zero-order chi connectivity index (χ0) is 23.5. The van der Waals surface area contributed by atoms with Crippen molar-refractivity contribution in [2.24, 2.45) is 23.2 Å². The molecule has 3 aliphatic rings. The first kappa shape index (κ1) is 25.5. The normalized spacial score (nSPS) is 37.4. The Morgan fingerprint density at radius 1 is 1.19 bits per heavy atom. The van der Waals surface area contributed by atoms with Gasteiger partial charge in [-0.05, 0) is 106 Å². The SMILES string of the molecule is C=C1/C(=C\C=C2/CCC[C@@]3(C)C2CCC3[C@H](C)CC/C=C/CC(C)(C)O)C[C@@H](O)C[C@@H]1O. The van der Waals surface area contributed by atoms with Crippen LogP contribution in [0.15, 0.2) is 47.6 Å². The fourth-order valence-corrected chi connectivity index (χ4v) is 6.73. The van der Waals surface area contributed by atoms with Crippen molar-refractivity contribution in [3.63, 3.8) is 0 Å². The summed E-state index contributed by atoms with van der Waals surface area (Å²) in [5.74, 6) is 2.12. The van der Waals surface area contributed by atoms with E-state index in [1.54, 1.807) is 5.57 Å². The highest BCUT2D eigenvalue weighted by molar-refractivity contribution is 5.38. The molecule has 3 aliphatic carbocycles. The Balaban J connectivity index is 1.65. The number of hydrogen-bond donors (Lipinski definition) is 3. The van der Waals surface area contributed by atoms with E-state index in [1.165, 1.54) is 38.5 Å². The van der Waals surface area contributed by atoms with Gasteiger partial charge >= 0.3 is 0 Å². The first-order chi connectivity index (χ1) is 15.0. The third kappa shape index (κ3) is 6.04. The Morgan fingerprint density at radius 2 is 1.94 bits per heavy atom. The van der Waals surface area contributed by atoms with Crippen LogP contribution in [0.1, 0.15) is 91.9 Å². The van der Waals surface area contributed by atoms with E-state index in [-0.39, 0.29) is 0 Å². The number of aliphatic hydroxyl groups excluding tert-OH is 2. The fourth-order valence-electron chi connectivity index (χ4n) is 6.73. The number of hydrogen-bond acceptors (Lipinski definition) is 3. The molecular weight excluding hydrogens is 396 g/mol. The van der Waals surface area contributed by atoms with Crippen molar-refractivity contribution in [3.05, 3.63) is 47.6 Å². The Morgan fingerprint density at radius 3 is 2.66 bits per heavy atom. The van der Waals surface area contributed by atoms with Crippen LogP contribution in [0.4, 0.5) is 0 Å². The van der Waals surface area contributed by atoms with Crippen LogP contribution in [0.3, 0.4) is 0 Å². The molecule has 3 saturated carbocycles. The molecule has 3 nitrogen and oxygen atoms in total. The van der Waals surface area contributed by atoms with E-state index < -0.39 is 17.8 Å². The lowest BCUT2D eigenvalue weighted by atomic mass is 9.60. The molecule has 6 atom stereocenters. The van der Waals surface area contributed by atoms with Crippen molar-refractivity contribution in [2.45, 2.75) is 110 Å². The summed E-state index contributed by atoms with van der Waals surface area (Å²) >= 11 is 0. The van der Waals surface area contributed by atoms with Gasteiger partial charge in [-0.2, -0.15) is 0 Å². The third-order valence-electron chi connectivity index (χ3n) is 8.56. The topological polar surface area (TPSA) is 60.7 Å². The van der Waals surface area contributed by atoms with Gasteiger partial charge in [-0.15, -0.1) is 0 Å². The highest BCUT2D eigenvalue weighted by Gasteiger charge is 2.50. The molecule has 0 spiro atoms. The highest BCUT2D eigenvalue weighted by Crippen LogP contribution is 2.59. The molecule has 32 heavy (non-hydrogen) atoms. The van der Waals surface area contributed by atoms with E-state index in [1.807, 2.05) is 13.8 Å². The summed E-state index contributed by atoms with van der Waals surface area (Å²) in [6.07, 6.45) is 18.1. The summed E-state index contributed by atoms with van der Waals surface area (Å²) in [7, 11) is 0. The molecule has 3 fully saturated rings. The lowest BCUT2D eigenvalue weighted by Gasteiger charge is -2.44. The van der Waals surface area contributed by atoms with Gasteiger partial charge in [-0.25, -0.2) is 0 Å². The van der Waals surface area contributed by atoms with Crippen LogP contribution in [-0.2, 0) is 0 Å². The van der Waals surface area contributed by atoms with Crippen LogP contribution < -0.4 is 0 Å². The van der Waals surface area contributed by atoms with Crippen LogP contribution in [0.2, 0.25) is 0 Å². The first-order valence-corrected chi connectivity index (χ1v) is 12.8. The smallest absolute Gasteiger partial charge is 0.0811 e. The molecule has 0 aromatic rings. The van der Waals surface area contributed by atoms with Crippen LogP contribution >= 0.6 is 0 Å². The summed E-state index contributed by atoms with van der Waals surface area (Å²) in [4.78, 5) is 0. The van der Waals surface area contributed by atoms with E-state index in [9.17, 15) is 15.3 Å². The van der Waals surface area contributed by atoms with Crippen molar-refractivity contribution >= 4 is 0 Å². The minimum absolute atomic E-state index is 0.376. The summed E-state index contributed by atoms with van der Waals surface area (Å²) < 4.78 is 0. The lowest BCUT2D eigenvalue weighted by Crippen LogP contribution is -2.36. The molecule has 3 heteroatoms. The monoisotopic (exact) mass is 442 g/mol. The van der Waals surface area contributed by atoms with Gasteiger partial charge in [-0.3, -0.25) is 0 Å². The van der Waals surface area contributed by atoms with Crippen molar-refractivity contribution in [1.82, 2.24) is 0 Å². The van der Waals surface area contributed by atoms with Gasteiger partial charge in [-0.1, -0.05) is 50.3 Å². The van der Waals surface area contributed by atoms with Gasteiger partial charge in [0.25, 0.3) is 0 Å². The standard InChI is InChI=1S/C29H46O3/c1-20(10-7-6-8-16-28(3,4)32)25-14-15-26-22(11-9-17-29(25,26)5)12-13-23-18-24(30)19-27(31)21(23)2/h6,8,12-13,20,24-27,30-32H,2,7,9-11,14-19H2,1,3-5H3/b8-6+,22-12+,23-13-/t20-,24-,25?,26?,27+,29-/m1/s1. The maximum absolute atomic E-state index is 10.1. The van der Waals surface area contributed by atoms with Crippen LogP contribution in [-0.4, -0.2) is 33.1 Å². The van der Waals surface area contributed by atoms with E-state index in [0.717, 1.165) is 29.9 Å². The van der Waals surface area contributed by atoms with Gasteiger partial charge in [0, 0.05) is 6.42 Å². The molecule has 0 saturated heterocycles. The Bertz CT molecular complexity index is 753. The van der Waals surface area contributed by atoms with Crippen molar-refractivity contribution < 1.29 is 15.3 Å². The van der Waals surface area contributed by atoms with Gasteiger partial charge < -0.3 is 15.3 Å². The second kappa shape index (κ2) is 10.4. The molecule has 0 heterocycles. The average Bonchev–Trinajstić information content (AvgIpc) is 3.06. The number of allylic oxidation sites excluding steroid dienone is 4. The summed E-state index contributed by atoms with van der Waals surface area (Å²) in [5.41, 5.74) is 3.11. The van der Waals surface area contributed by atoms with Gasteiger partial charge in [0.15, 0.2) is 0 Å². The van der Waals surface area contributed by atoms with Crippen LogP contribution in [0.25, 0.3) is 0 Å².